The van der Waals surface area contributed by atoms with E-state index in [2.05, 4.69) is 0 Å². The third kappa shape index (κ3) is 3.60. The Labute approximate surface area is 108 Å². The molecule has 1 fully saturated rings. The topological polar surface area (TPSA) is 17.1 Å². The summed E-state index contributed by atoms with van der Waals surface area (Å²) >= 11 is 1.83. The number of ketones is 1. The minimum atomic E-state index is 0.0954. The highest BCUT2D eigenvalue weighted by Gasteiger charge is 2.19. The van der Waals surface area contributed by atoms with Crippen LogP contribution in [0.25, 0.3) is 0 Å². The van der Waals surface area contributed by atoms with Gasteiger partial charge in [-0.05, 0) is 31.4 Å². The van der Waals surface area contributed by atoms with Gasteiger partial charge in [-0.2, -0.15) is 11.8 Å². The van der Waals surface area contributed by atoms with Gasteiger partial charge in [0.25, 0.3) is 0 Å². The number of carbonyl (C=O) groups excluding carboxylic acids is 1. The van der Waals surface area contributed by atoms with Crippen molar-refractivity contribution in [1.29, 1.82) is 0 Å². The van der Waals surface area contributed by atoms with Crippen molar-refractivity contribution in [2.24, 2.45) is 5.92 Å². The molecule has 2 heteroatoms. The fourth-order valence-corrected chi connectivity index (χ4v) is 3.55. The molecule has 0 radical (unpaired) electrons. The summed E-state index contributed by atoms with van der Waals surface area (Å²) in [5.41, 5.74) is 0.846. The zero-order valence-corrected chi connectivity index (χ0v) is 11.2. The van der Waals surface area contributed by atoms with E-state index in [4.69, 9.17) is 0 Å². The Morgan fingerprint density at radius 3 is 2.59 bits per heavy atom. The van der Waals surface area contributed by atoms with Gasteiger partial charge in [-0.1, -0.05) is 43.2 Å². The van der Waals surface area contributed by atoms with Gasteiger partial charge in [0.15, 0.2) is 5.78 Å². The summed E-state index contributed by atoms with van der Waals surface area (Å²) in [6.45, 7) is 2.04. The maximum atomic E-state index is 12.1. The van der Waals surface area contributed by atoms with Gasteiger partial charge in [-0.15, -0.1) is 0 Å². The highest BCUT2D eigenvalue weighted by Crippen LogP contribution is 2.30. The largest absolute Gasteiger partial charge is 0.293 e. The fourth-order valence-electron chi connectivity index (χ4n) is 2.37. The SMILES string of the molecule is CC(SCC1CCCC1)C(=O)c1ccccc1. The van der Waals surface area contributed by atoms with E-state index in [1.54, 1.807) is 0 Å². The molecule has 1 unspecified atom stereocenters. The first-order valence-corrected chi connectivity index (χ1v) is 7.53. The third-order valence-corrected chi connectivity index (χ3v) is 4.86. The first kappa shape index (κ1) is 12.7. The molecule has 1 aromatic rings. The Hall–Kier alpha value is -0.760. The molecule has 0 aromatic heterocycles. The second kappa shape index (κ2) is 6.25. The molecule has 0 saturated heterocycles. The summed E-state index contributed by atoms with van der Waals surface area (Å²) < 4.78 is 0. The maximum absolute atomic E-state index is 12.1. The average Bonchev–Trinajstić information content (AvgIpc) is 2.89. The highest BCUT2D eigenvalue weighted by atomic mass is 32.2. The van der Waals surface area contributed by atoms with Crippen LogP contribution >= 0.6 is 11.8 Å². The van der Waals surface area contributed by atoms with Crippen LogP contribution in [0.5, 0.6) is 0 Å². The van der Waals surface area contributed by atoms with Crippen LogP contribution in [-0.2, 0) is 0 Å². The molecular formula is C15H20OS. The molecule has 2 rings (SSSR count). The molecule has 0 N–H and O–H groups in total. The van der Waals surface area contributed by atoms with Gasteiger partial charge in [0, 0.05) is 5.56 Å². The van der Waals surface area contributed by atoms with Gasteiger partial charge in [0.2, 0.25) is 0 Å². The summed E-state index contributed by atoms with van der Waals surface area (Å²) in [4.78, 5) is 12.1. The van der Waals surface area contributed by atoms with Gasteiger partial charge >= 0.3 is 0 Å². The maximum Gasteiger partial charge on any atom is 0.175 e. The average molecular weight is 248 g/mol. The van der Waals surface area contributed by atoms with E-state index in [1.807, 2.05) is 49.0 Å². The molecule has 0 aliphatic heterocycles. The molecule has 0 amide bonds. The molecule has 0 heterocycles. The first-order valence-electron chi connectivity index (χ1n) is 6.48. The van der Waals surface area contributed by atoms with Crippen molar-refractivity contribution in [2.45, 2.75) is 37.9 Å². The number of hydrogen-bond donors (Lipinski definition) is 0. The molecule has 0 bridgehead atoms. The number of benzene rings is 1. The van der Waals surface area contributed by atoms with Crippen LogP contribution in [0.1, 0.15) is 43.0 Å². The molecule has 1 nitrogen and oxygen atoms in total. The quantitative estimate of drug-likeness (QED) is 0.727. The van der Waals surface area contributed by atoms with E-state index < -0.39 is 0 Å². The summed E-state index contributed by atoms with van der Waals surface area (Å²) in [5, 5.41) is 0.0954. The van der Waals surface area contributed by atoms with Crippen LogP contribution < -0.4 is 0 Å². The molecule has 92 valence electrons. The van der Waals surface area contributed by atoms with E-state index in [0.29, 0.717) is 0 Å². The third-order valence-electron chi connectivity index (χ3n) is 3.48. The monoisotopic (exact) mass is 248 g/mol. The normalized spacial score (nSPS) is 18.2. The zero-order chi connectivity index (χ0) is 12.1. The van der Waals surface area contributed by atoms with Crippen LogP contribution in [-0.4, -0.2) is 16.8 Å². The predicted molar refractivity (Wildman–Crippen MR) is 74.7 cm³/mol. The van der Waals surface area contributed by atoms with Crippen molar-refractivity contribution < 1.29 is 4.79 Å². The fraction of sp³-hybridized carbons (Fsp3) is 0.533. The lowest BCUT2D eigenvalue weighted by Crippen LogP contribution is -2.15. The molecule has 1 aromatic carbocycles. The number of hydrogen-bond acceptors (Lipinski definition) is 2. The molecule has 17 heavy (non-hydrogen) atoms. The summed E-state index contributed by atoms with van der Waals surface area (Å²) in [6, 6.07) is 9.64. The molecular weight excluding hydrogens is 228 g/mol. The van der Waals surface area contributed by atoms with Gasteiger partial charge in [0.1, 0.15) is 0 Å². The van der Waals surface area contributed by atoms with E-state index in [0.717, 1.165) is 17.2 Å². The number of carbonyl (C=O) groups is 1. The Kier molecular flexibility index (Phi) is 4.66. The van der Waals surface area contributed by atoms with Crippen molar-refractivity contribution in [2.75, 3.05) is 5.75 Å². The number of Topliss-reactive ketones (excluding diaryl/α,β-unsaturated/α-hetero) is 1. The van der Waals surface area contributed by atoms with Crippen LogP contribution in [0.2, 0.25) is 0 Å². The standard InChI is InChI=1S/C15H20OS/c1-12(17-11-13-7-5-6-8-13)15(16)14-9-3-2-4-10-14/h2-4,9-10,12-13H,5-8,11H2,1H3. The lowest BCUT2D eigenvalue weighted by molar-refractivity contribution is 0.0994. The summed E-state index contributed by atoms with van der Waals surface area (Å²) in [7, 11) is 0. The van der Waals surface area contributed by atoms with Crippen LogP contribution in [0.3, 0.4) is 0 Å². The Morgan fingerprint density at radius 2 is 1.94 bits per heavy atom. The van der Waals surface area contributed by atoms with Crippen LogP contribution in [0.4, 0.5) is 0 Å². The van der Waals surface area contributed by atoms with Crippen molar-refractivity contribution in [3.05, 3.63) is 35.9 Å². The molecule has 1 atom stereocenters. The van der Waals surface area contributed by atoms with Gasteiger partial charge in [-0.3, -0.25) is 4.79 Å². The summed E-state index contributed by atoms with van der Waals surface area (Å²) in [6.07, 6.45) is 5.48. The van der Waals surface area contributed by atoms with Gasteiger partial charge in [-0.25, -0.2) is 0 Å². The Bertz CT molecular complexity index is 354. The zero-order valence-electron chi connectivity index (χ0n) is 10.4. The predicted octanol–water partition coefficient (Wildman–Crippen LogP) is 4.18. The van der Waals surface area contributed by atoms with Crippen LogP contribution in [0.15, 0.2) is 30.3 Å². The lowest BCUT2D eigenvalue weighted by Gasteiger charge is -2.13. The van der Waals surface area contributed by atoms with Crippen molar-refractivity contribution >= 4 is 17.5 Å². The highest BCUT2D eigenvalue weighted by molar-refractivity contribution is 8.00. The number of thioether (sulfide) groups is 1. The lowest BCUT2D eigenvalue weighted by atomic mass is 10.1. The Morgan fingerprint density at radius 1 is 1.29 bits per heavy atom. The molecule has 1 aliphatic carbocycles. The van der Waals surface area contributed by atoms with Gasteiger partial charge < -0.3 is 0 Å². The van der Waals surface area contributed by atoms with Gasteiger partial charge in [0.05, 0.1) is 5.25 Å². The molecule has 0 spiro atoms. The van der Waals surface area contributed by atoms with Crippen LogP contribution in [0, 0.1) is 5.92 Å². The minimum absolute atomic E-state index is 0.0954. The first-order chi connectivity index (χ1) is 8.27. The van der Waals surface area contributed by atoms with E-state index in [9.17, 15) is 4.79 Å². The second-order valence-corrected chi connectivity index (χ2v) is 6.23. The minimum Gasteiger partial charge on any atom is -0.293 e. The van der Waals surface area contributed by atoms with Crippen molar-refractivity contribution in [3.63, 3.8) is 0 Å². The molecule has 1 saturated carbocycles. The Balaban J connectivity index is 1.83. The van der Waals surface area contributed by atoms with Crippen molar-refractivity contribution in [1.82, 2.24) is 0 Å². The number of rotatable bonds is 5. The van der Waals surface area contributed by atoms with E-state index >= 15 is 0 Å². The second-order valence-electron chi connectivity index (χ2n) is 4.86. The van der Waals surface area contributed by atoms with E-state index in [-0.39, 0.29) is 11.0 Å². The smallest absolute Gasteiger partial charge is 0.175 e. The summed E-state index contributed by atoms with van der Waals surface area (Å²) in [5.74, 6) is 2.28. The van der Waals surface area contributed by atoms with E-state index in [1.165, 1.54) is 25.7 Å². The van der Waals surface area contributed by atoms with Crippen molar-refractivity contribution in [3.8, 4) is 0 Å². The molecule has 1 aliphatic rings.